The van der Waals surface area contributed by atoms with Crippen LogP contribution in [0.3, 0.4) is 0 Å². The fraction of sp³-hybridized carbons (Fsp3) is 0.125. The van der Waals surface area contributed by atoms with Gasteiger partial charge in [-0.05, 0) is 143 Å². The molecule has 12 heteroatoms. The molecule has 0 saturated carbocycles. The Labute approximate surface area is 440 Å². The maximum Gasteiger partial charge on any atom is 0.453 e. The number of fused-ring (bicyclic) bond motifs is 8. The van der Waals surface area contributed by atoms with Crippen LogP contribution in [0.25, 0.3) is 98.8 Å². The summed E-state index contributed by atoms with van der Waals surface area (Å²) in [6, 6.07) is 57.3. The molecule has 0 spiro atoms. The minimum atomic E-state index is -2.26. The highest BCUT2D eigenvalue weighted by Crippen LogP contribution is 2.57. The van der Waals surface area contributed by atoms with Crippen LogP contribution in [-0.2, 0) is 0 Å². The van der Waals surface area contributed by atoms with Gasteiger partial charge in [0.2, 0.25) is 0 Å². The van der Waals surface area contributed by atoms with Gasteiger partial charge in [0.15, 0.2) is 11.5 Å². The van der Waals surface area contributed by atoms with E-state index in [2.05, 4.69) is 84.9 Å². The monoisotopic (exact) mass is 1040 g/mol. The second-order valence-electron chi connectivity index (χ2n) is 18.7. The lowest BCUT2D eigenvalue weighted by Crippen LogP contribution is -1.97. The molecule has 12 aromatic rings. The molecule has 2 heterocycles. The van der Waals surface area contributed by atoms with Crippen molar-refractivity contribution >= 4 is 81.9 Å². The van der Waals surface area contributed by atoms with Crippen molar-refractivity contribution in [2.24, 2.45) is 0 Å². The molecule has 2 aromatic heterocycles. The van der Waals surface area contributed by atoms with Gasteiger partial charge in [0.25, 0.3) is 0 Å². The highest BCUT2D eigenvalue weighted by molar-refractivity contribution is 7.32. The van der Waals surface area contributed by atoms with E-state index in [1.807, 2.05) is 113 Å². The molecule has 0 fully saturated rings. The Morgan fingerprint density at radius 2 is 0.605 bits per heavy atom. The first-order valence-corrected chi connectivity index (χ1v) is 27.0. The molecular formula is C64H52O10P2. The van der Waals surface area contributed by atoms with Crippen molar-refractivity contribution in [3.05, 3.63) is 192 Å². The van der Waals surface area contributed by atoms with Crippen molar-refractivity contribution in [1.82, 2.24) is 0 Å². The van der Waals surface area contributed by atoms with Crippen molar-refractivity contribution in [2.45, 2.75) is 27.7 Å². The molecule has 0 N–H and O–H groups in total. The number of methoxy groups -OCH3 is 4. The quantitative estimate of drug-likeness (QED) is 0.124. The molecule has 0 amide bonds. The largest absolute Gasteiger partial charge is 0.497 e. The summed E-state index contributed by atoms with van der Waals surface area (Å²) in [4.78, 5) is 0. The summed E-state index contributed by atoms with van der Waals surface area (Å²) in [7, 11) is 2.12. The molecule has 0 bridgehead atoms. The molecule has 0 unspecified atom stereocenters. The van der Waals surface area contributed by atoms with Crippen LogP contribution in [0.15, 0.2) is 187 Å². The van der Waals surface area contributed by atoms with Crippen molar-refractivity contribution in [2.75, 3.05) is 28.4 Å². The first-order valence-electron chi connectivity index (χ1n) is 24.8. The number of aryl methyl sites for hydroxylation is 4. The van der Waals surface area contributed by atoms with Crippen molar-refractivity contribution in [3.8, 4) is 67.9 Å². The zero-order valence-electron chi connectivity index (χ0n) is 43.1. The molecule has 378 valence electrons. The molecule has 10 nitrogen and oxygen atoms in total. The second-order valence-corrected chi connectivity index (χ2v) is 20.7. The third kappa shape index (κ3) is 8.59. The van der Waals surface area contributed by atoms with E-state index >= 15 is 0 Å². The Morgan fingerprint density at radius 3 is 0.908 bits per heavy atom. The summed E-state index contributed by atoms with van der Waals surface area (Å²) in [5.41, 5.74) is 10.8. The Bertz CT molecular complexity index is 3910. The third-order valence-electron chi connectivity index (χ3n) is 13.9. The molecule has 12 rings (SSSR count). The van der Waals surface area contributed by atoms with Crippen LogP contribution >= 0.6 is 16.5 Å². The predicted molar refractivity (Wildman–Crippen MR) is 308 cm³/mol. The zero-order chi connectivity index (χ0) is 52.2. The van der Waals surface area contributed by atoms with Crippen LogP contribution < -0.4 is 28.0 Å². The van der Waals surface area contributed by atoms with Gasteiger partial charge in [0.1, 0.15) is 45.3 Å². The van der Waals surface area contributed by atoms with E-state index in [1.165, 1.54) is 0 Å². The smallest absolute Gasteiger partial charge is 0.453 e. The predicted octanol–water partition coefficient (Wildman–Crippen LogP) is 19.2. The van der Waals surface area contributed by atoms with E-state index < -0.39 is 16.5 Å². The lowest BCUT2D eigenvalue weighted by atomic mass is 9.86. The Balaban J connectivity index is 1.24. The molecule has 0 aliphatic rings. The van der Waals surface area contributed by atoms with Crippen LogP contribution in [-0.4, -0.2) is 28.4 Å². The van der Waals surface area contributed by atoms with E-state index in [0.29, 0.717) is 56.8 Å². The van der Waals surface area contributed by atoms with Crippen LogP contribution in [0, 0.1) is 27.7 Å². The van der Waals surface area contributed by atoms with E-state index in [0.717, 1.165) is 98.7 Å². The molecule has 0 atom stereocenters. The van der Waals surface area contributed by atoms with Crippen molar-refractivity contribution < 1.29 is 44.8 Å². The van der Waals surface area contributed by atoms with E-state index in [1.54, 1.807) is 28.4 Å². The van der Waals surface area contributed by atoms with Gasteiger partial charge in [-0.15, -0.1) is 0 Å². The molecule has 0 saturated heterocycles. The van der Waals surface area contributed by atoms with Gasteiger partial charge in [-0.2, -0.15) is 0 Å². The lowest BCUT2D eigenvalue weighted by molar-refractivity contribution is 0.414. The van der Waals surface area contributed by atoms with Crippen molar-refractivity contribution in [1.29, 1.82) is 0 Å². The van der Waals surface area contributed by atoms with Crippen LogP contribution in [0.1, 0.15) is 22.3 Å². The number of hydrogen-bond acceptors (Lipinski definition) is 10. The van der Waals surface area contributed by atoms with Gasteiger partial charge in [0, 0.05) is 43.8 Å². The Hall–Kier alpha value is -8.68. The van der Waals surface area contributed by atoms with Crippen LogP contribution in [0.2, 0.25) is 0 Å². The summed E-state index contributed by atoms with van der Waals surface area (Å²) < 4.78 is 66.9. The number of benzene rings is 10. The standard InChI is InChI=1S/C64H52O10P2/c1-37-27-45(65-5)33-53-54-34-46(66-6)28-38(2)60(54)70-75(69-59(37)53)73-63-51(41-19-11-9-12-20-41)31-43-23-15-17-25-49(43)57(63)58-50-26-18-16-24-44(50)32-52(42-21-13-10-14-22-42)64(58)74-76-71-61-39(3)29-47(67-7)35-55(61)56-36-48(68-8)30-40(4)62(56)72-76/h9-36H,1-8H3. The normalized spacial score (nSPS) is 11.4. The van der Waals surface area contributed by atoms with E-state index in [-0.39, 0.29) is 0 Å². The summed E-state index contributed by atoms with van der Waals surface area (Å²) in [5.74, 6) is 3.77. The number of hydrogen-bond donors (Lipinski definition) is 0. The minimum Gasteiger partial charge on any atom is -0.497 e. The van der Waals surface area contributed by atoms with Crippen LogP contribution in [0.5, 0.6) is 34.5 Å². The van der Waals surface area contributed by atoms with Gasteiger partial charge in [-0.1, -0.05) is 109 Å². The SMILES string of the molecule is COc1cc(C)c2op(Oc3c(-c4ccccc4)cc4ccccc4c3-c3c(Op4oc5c(C)cc(OC)cc5c5cc(OC)cc(C)c5o4)c(-c4ccccc4)cc4ccccc34)oc3c(C)cc(OC)cc3c2c1. The summed E-state index contributed by atoms with van der Waals surface area (Å²) in [5, 5.41) is 6.92. The molecular weight excluding hydrogens is 991 g/mol. The van der Waals surface area contributed by atoms with Gasteiger partial charge in [-0.25, -0.2) is 0 Å². The van der Waals surface area contributed by atoms with E-state index in [9.17, 15) is 0 Å². The molecule has 76 heavy (non-hydrogen) atoms. The first-order chi connectivity index (χ1) is 37.1. The first kappa shape index (κ1) is 48.3. The number of rotatable bonds is 11. The zero-order valence-corrected chi connectivity index (χ0v) is 44.9. The average molecular weight is 1040 g/mol. The molecule has 0 aliphatic heterocycles. The van der Waals surface area contributed by atoms with E-state index in [4.69, 9.17) is 44.8 Å². The van der Waals surface area contributed by atoms with Gasteiger partial charge in [-0.3, -0.25) is 0 Å². The number of ether oxygens (including phenoxy) is 4. The maximum atomic E-state index is 7.60. The summed E-state index contributed by atoms with van der Waals surface area (Å²) in [6.07, 6.45) is 0. The average Bonchev–Trinajstić information content (AvgIpc) is 3.72. The highest BCUT2D eigenvalue weighted by Gasteiger charge is 2.29. The molecule has 0 radical (unpaired) electrons. The third-order valence-corrected chi connectivity index (χ3v) is 15.9. The van der Waals surface area contributed by atoms with Gasteiger partial charge in [0.05, 0.1) is 28.4 Å². The van der Waals surface area contributed by atoms with Crippen LogP contribution in [0.4, 0.5) is 0 Å². The highest BCUT2D eigenvalue weighted by atomic mass is 31.1. The fourth-order valence-corrected chi connectivity index (χ4v) is 12.8. The summed E-state index contributed by atoms with van der Waals surface area (Å²) in [6.45, 7) is 8.00. The van der Waals surface area contributed by atoms with Gasteiger partial charge >= 0.3 is 16.5 Å². The van der Waals surface area contributed by atoms with Crippen molar-refractivity contribution in [3.63, 3.8) is 0 Å². The maximum absolute atomic E-state index is 7.60. The Morgan fingerprint density at radius 1 is 0.316 bits per heavy atom. The lowest BCUT2D eigenvalue weighted by Gasteiger charge is -2.22. The second kappa shape index (κ2) is 19.9. The summed E-state index contributed by atoms with van der Waals surface area (Å²) >= 11 is 0. The topological polar surface area (TPSA) is 108 Å². The molecule has 0 aliphatic carbocycles. The Kier molecular flexibility index (Phi) is 12.6. The van der Waals surface area contributed by atoms with Gasteiger partial charge < -0.3 is 44.8 Å². The minimum absolute atomic E-state index is 0.524. The fourth-order valence-electron chi connectivity index (χ4n) is 10.3. The molecule has 10 aromatic carbocycles.